The largest absolute Gasteiger partial charge is 0.481 e. The van der Waals surface area contributed by atoms with Gasteiger partial charge >= 0.3 is 5.97 Å². The van der Waals surface area contributed by atoms with Crippen LogP contribution >= 0.6 is 0 Å². The first kappa shape index (κ1) is 36.8. The van der Waals surface area contributed by atoms with Crippen molar-refractivity contribution >= 4 is 12.0 Å². The van der Waals surface area contributed by atoms with Crippen LogP contribution in [0.4, 0.5) is 0 Å². The number of carbonyl (C=O) groups excluding carboxylic acids is 1. The third kappa shape index (κ3) is 34.9. The molecule has 0 rings (SSSR count). The summed E-state index contributed by atoms with van der Waals surface area (Å²) in [5.74, 6) is -0.653. The van der Waals surface area contributed by atoms with E-state index in [2.05, 4.69) is 4.99 Å². The van der Waals surface area contributed by atoms with Gasteiger partial charge < -0.3 is 5.11 Å². The Morgan fingerprint density at radius 2 is 0.605 bits per heavy atom. The average molecular weight is 536 g/mol. The van der Waals surface area contributed by atoms with Crippen molar-refractivity contribution in [3.63, 3.8) is 0 Å². The van der Waals surface area contributed by atoms with Crippen molar-refractivity contribution in [2.45, 2.75) is 199 Å². The number of carboxylic acid groups (broad SMARTS) is 1. The molecule has 0 aliphatic carbocycles. The van der Waals surface area contributed by atoms with Crippen molar-refractivity contribution < 1.29 is 14.7 Å². The zero-order chi connectivity index (χ0) is 27.6. The van der Waals surface area contributed by atoms with E-state index in [1.165, 1.54) is 173 Å². The molecule has 0 aromatic carbocycles. The SMILES string of the molecule is O=C=NCCCCCCCCCCCCCCCCCCCCCCCCCCCCCCCCC(=O)O. The molecule has 38 heavy (non-hydrogen) atoms. The Hall–Kier alpha value is -1.15. The highest BCUT2D eigenvalue weighted by atomic mass is 16.4. The fourth-order valence-electron chi connectivity index (χ4n) is 5.46. The van der Waals surface area contributed by atoms with Crippen LogP contribution in [0.1, 0.15) is 199 Å². The molecule has 0 radical (unpaired) electrons. The number of hydrogen-bond acceptors (Lipinski definition) is 3. The first-order chi connectivity index (χ1) is 18.8. The van der Waals surface area contributed by atoms with Gasteiger partial charge in [-0.25, -0.2) is 9.79 Å². The van der Waals surface area contributed by atoms with E-state index in [9.17, 15) is 9.59 Å². The molecule has 224 valence electrons. The number of hydrogen-bond donors (Lipinski definition) is 1. The summed E-state index contributed by atoms with van der Waals surface area (Å²) in [6.07, 6.45) is 42.5. The molecule has 0 fully saturated rings. The Morgan fingerprint density at radius 1 is 0.395 bits per heavy atom. The highest BCUT2D eigenvalue weighted by Crippen LogP contribution is 2.16. The van der Waals surface area contributed by atoms with E-state index in [0.717, 1.165) is 19.3 Å². The minimum absolute atomic E-state index is 0.340. The van der Waals surface area contributed by atoms with Crippen molar-refractivity contribution in [2.75, 3.05) is 6.54 Å². The van der Waals surface area contributed by atoms with E-state index in [1.807, 2.05) is 0 Å². The maximum absolute atomic E-state index is 10.5. The lowest BCUT2D eigenvalue weighted by Gasteiger charge is -2.04. The van der Waals surface area contributed by atoms with Crippen LogP contribution in [0.3, 0.4) is 0 Å². The number of rotatable bonds is 33. The van der Waals surface area contributed by atoms with E-state index < -0.39 is 5.97 Å². The summed E-state index contributed by atoms with van der Waals surface area (Å²) in [5, 5.41) is 8.62. The van der Waals surface area contributed by atoms with Gasteiger partial charge in [0.2, 0.25) is 6.08 Å². The Labute approximate surface area is 237 Å². The minimum atomic E-state index is -0.653. The van der Waals surface area contributed by atoms with E-state index in [0.29, 0.717) is 13.0 Å². The smallest absolute Gasteiger partial charge is 0.303 e. The minimum Gasteiger partial charge on any atom is -0.481 e. The molecule has 0 saturated heterocycles. The summed E-state index contributed by atoms with van der Waals surface area (Å²) >= 11 is 0. The molecule has 0 aliphatic heterocycles. The van der Waals surface area contributed by atoms with Gasteiger partial charge in [0.15, 0.2) is 0 Å². The van der Waals surface area contributed by atoms with Gasteiger partial charge in [0, 0.05) is 6.42 Å². The number of nitrogens with zero attached hydrogens (tertiary/aromatic N) is 1. The zero-order valence-corrected chi connectivity index (χ0v) is 25.3. The van der Waals surface area contributed by atoms with Crippen molar-refractivity contribution in [3.8, 4) is 0 Å². The molecule has 0 unspecified atom stereocenters. The third-order valence-electron chi connectivity index (χ3n) is 7.98. The van der Waals surface area contributed by atoms with Gasteiger partial charge in [0.25, 0.3) is 0 Å². The van der Waals surface area contributed by atoms with Gasteiger partial charge in [-0.3, -0.25) is 4.79 Å². The van der Waals surface area contributed by atoms with Crippen molar-refractivity contribution in [1.29, 1.82) is 0 Å². The summed E-state index contributed by atoms with van der Waals surface area (Å²) in [6.45, 7) is 0.661. The van der Waals surface area contributed by atoms with Crippen LogP contribution in [0.5, 0.6) is 0 Å². The van der Waals surface area contributed by atoms with Crippen LogP contribution in [0, 0.1) is 0 Å². The van der Waals surface area contributed by atoms with Crippen molar-refractivity contribution in [2.24, 2.45) is 4.99 Å². The standard InChI is InChI=1S/C34H65NO3/c36-33-35-32-30-28-26-24-22-20-18-16-14-12-10-8-6-4-2-1-3-5-7-9-11-13-15-17-19-21-23-25-27-29-31-34(37)38/h1-32H2,(H,37,38). The maximum Gasteiger partial charge on any atom is 0.303 e. The number of unbranched alkanes of at least 4 members (excludes halogenated alkanes) is 29. The number of isocyanates is 1. The normalized spacial score (nSPS) is 11.1. The fraction of sp³-hybridized carbons (Fsp3) is 0.941. The zero-order valence-electron chi connectivity index (χ0n) is 25.3. The molecule has 1 N–H and O–H groups in total. The van der Waals surface area contributed by atoms with Crippen LogP contribution in [-0.2, 0) is 9.59 Å². The molecular formula is C34H65NO3. The Kier molecular flexibility index (Phi) is 32.9. The molecule has 0 atom stereocenters. The average Bonchev–Trinajstić information content (AvgIpc) is 2.91. The molecule has 0 aliphatic rings. The highest BCUT2D eigenvalue weighted by Gasteiger charge is 1.98. The van der Waals surface area contributed by atoms with Gasteiger partial charge in [-0.05, 0) is 12.8 Å². The van der Waals surface area contributed by atoms with Crippen LogP contribution in [0.15, 0.2) is 4.99 Å². The topological polar surface area (TPSA) is 66.7 Å². The van der Waals surface area contributed by atoms with E-state index in [4.69, 9.17) is 5.11 Å². The molecule has 0 spiro atoms. The lowest BCUT2D eigenvalue weighted by Crippen LogP contribution is -1.93. The van der Waals surface area contributed by atoms with E-state index in [1.54, 1.807) is 6.08 Å². The second kappa shape index (κ2) is 33.9. The number of carbonyl (C=O) groups is 1. The third-order valence-corrected chi connectivity index (χ3v) is 7.98. The molecular weight excluding hydrogens is 470 g/mol. The maximum atomic E-state index is 10.5. The molecule has 4 nitrogen and oxygen atoms in total. The van der Waals surface area contributed by atoms with Crippen molar-refractivity contribution in [1.82, 2.24) is 0 Å². The molecule has 0 saturated carbocycles. The predicted octanol–water partition coefficient (Wildman–Crippen LogP) is 11.5. The molecule has 0 aromatic rings. The highest BCUT2D eigenvalue weighted by molar-refractivity contribution is 5.66. The fourth-order valence-corrected chi connectivity index (χ4v) is 5.46. The second-order valence-electron chi connectivity index (χ2n) is 11.7. The monoisotopic (exact) mass is 535 g/mol. The summed E-state index contributed by atoms with van der Waals surface area (Å²) < 4.78 is 0. The van der Waals surface area contributed by atoms with Crippen LogP contribution in [0.25, 0.3) is 0 Å². The van der Waals surface area contributed by atoms with Crippen LogP contribution < -0.4 is 0 Å². The molecule has 0 bridgehead atoms. The van der Waals surface area contributed by atoms with E-state index >= 15 is 0 Å². The summed E-state index contributed by atoms with van der Waals surface area (Å²) in [6, 6.07) is 0. The molecule has 4 heteroatoms. The van der Waals surface area contributed by atoms with Gasteiger partial charge in [-0.15, -0.1) is 0 Å². The summed E-state index contributed by atoms with van der Waals surface area (Å²) in [7, 11) is 0. The molecule has 0 aromatic heterocycles. The Bertz CT molecular complexity index is 484. The Morgan fingerprint density at radius 3 is 0.816 bits per heavy atom. The number of carboxylic acids is 1. The quantitative estimate of drug-likeness (QED) is 0.0516. The first-order valence-electron chi connectivity index (χ1n) is 17.0. The Balaban J connectivity index is 3.03. The summed E-state index contributed by atoms with van der Waals surface area (Å²) in [4.78, 5) is 24.0. The molecule has 0 amide bonds. The first-order valence-corrected chi connectivity index (χ1v) is 17.0. The van der Waals surface area contributed by atoms with Gasteiger partial charge in [-0.1, -0.05) is 180 Å². The lowest BCUT2D eigenvalue weighted by atomic mass is 10.0. The summed E-state index contributed by atoms with van der Waals surface area (Å²) in [5.41, 5.74) is 0. The number of aliphatic imine (C=N–C) groups is 1. The van der Waals surface area contributed by atoms with Gasteiger partial charge in [0.05, 0.1) is 6.54 Å². The van der Waals surface area contributed by atoms with Gasteiger partial charge in [0.1, 0.15) is 0 Å². The second-order valence-corrected chi connectivity index (χ2v) is 11.7. The van der Waals surface area contributed by atoms with Crippen molar-refractivity contribution in [3.05, 3.63) is 0 Å². The lowest BCUT2D eigenvalue weighted by molar-refractivity contribution is -0.137. The molecule has 0 heterocycles. The number of aliphatic carboxylic acids is 1. The van der Waals surface area contributed by atoms with Crippen LogP contribution in [-0.4, -0.2) is 23.7 Å². The van der Waals surface area contributed by atoms with E-state index in [-0.39, 0.29) is 0 Å². The van der Waals surface area contributed by atoms with Gasteiger partial charge in [-0.2, -0.15) is 0 Å². The predicted molar refractivity (Wildman–Crippen MR) is 164 cm³/mol. The van der Waals surface area contributed by atoms with Crippen LogP contribution in [0.2, 0.25) is 0 Å².